The molecule has 4 nitrogen and oxygen atoms in total. The van der Waals surface area contributed by atoms with Crippen LogP contribution in [0.25, 0.3) is 0 Å². The van der Waals surface area contributed by atoms with Crippen LogP contribution in [0.5, 0.6) is 5.75 Å². The standard InChI is InChI=1S/C6H3ClNO3/c7-6-4(8(10)11)2-1-3-5(6)9/h1-3H. The van der Waals surface area contributed by atoms with Gasteiger partial charge < -0.3 is 0 Å². The van der Waals surface area contributed by atoms with Crippen molar-refractivity contribution in [3.05, 3.63) is 33.3 Å². The van der Waals surface area contributed by atoms with Crippen molar-refractivity contribution >= 4 is 17.3 Å². The van der Waals surface area contributed by atoms with Gasteiger partial charge in [-0.05, 0) is 6.07 Å². The van der Waals surface area contributed by atoms with Gasteiger partial charge in [0.05, 0.1) is 4.92 Å². The zero-order valence-electron chi connectivity index (χ0n) is 5.28. The predicted molar refractivity (Wildman–Crippen MR) is 38.2 cm³/mol. The fraction of sp³-hybridized carbons (Fsp3) is 0. The van der Waals surface area contributed by atoms with Gasteiger partial charge in [-0.3, -0.25) is 15.2 Å². The minimum absolute atomic E-state index is 0.336. The number of nitro benzene ring substituents is 1. The van der Waals surface area contributed by atoms with Crippen molar-refractivity contribution in [1.29, 1.82) is 0 Å². The Morgan fingerprint density at radius 2 is 2.09 bits per heavy atom. The molecular weight excluding hydrogens is 170 g/mol. The molecule has 0 amide bonds. The van der Waals surface area contributed by atoms with E-state index in [0.717, 1.165) is 0 Å². The van der Waals surface area contributed by atoms with Gasteiger partial charge in [-0.1, -0.05) is 17.7 Å². The molecule has 0 fully saturated rings. The van der Waals surface area contributed by atoms with Gasteiger partial charge in [0.2, 0.25) is 5.75 Å². The van der Waals surface area contributed by atoms with Crippen LogP contribution in [0.1, 0.15) is 0 Å². The van der Waals surface area contributed by atoms with Crippen molar-refractivity contribution in [2.75, 3.05) is 0 Å². The highest BCUT2D eigenvalue weighted by atomic mass is 35.5. The quantitative estimate of drug-likeness (QED) is 0.482. The average molecular weight is 173 g/mol. The molecule has 0 saturated carbocycles. The minimum Gasteiger partial charge on any atom is -0.288 e. The van der Waals surface area contributed by atoms with Crippen LogP contribution in [0.2, 0.25) is 5.02 Å². The molecule has 0 unspecified atom stereocenters. The number of hydrogen-bond donors (Lipinski definition) is 0. The molecule has 0 saturated heterocycles. The Bertz CT molecular complexity index is 300. The van der Waals surface area contributed by atoms with E-state index in [2.05, 4.69) is 0 Å². The average Bonchev–Trinajstić information content (AvgIpc) is 1.94. The molecule has 0 N–H and O–H groups in total. The largest absolute Gasteiger partial charge is 0.291 e. The van der Waals surface area contributed by atoms with E-state index in [1.807, 2.05) is 0 Å². The Kier molecular flexibility index (Phi) is 1.96. The zero-order chi connectivity index (χ0) is 8.43. The van der Waals surface area contributed by atoms with Crippen LogP contribution in [-0.4, -0.2) is 4.92 Å². The second-order valence-electron chi connectivity index (χ2n) is 1.85. The van der Waals surface area contributed by atoms with Crippen molar-refractivity contribution in [1.82, 2.24) is 0 Å². The van der Waals surface area contributed by atoms with E-state index in [0.29, 0.717) is 0 Å². The first kappa shape index (κ1) is 7.81. The van der Waals surface area contributed by atoms with E-state index in [-0.39, 0.29) is 10.7 Å². The predicted octanol–water partition coefficient (Wildman–Crippen LogP) is 2.39. The number of nitrogens with zero attached hydrogens (tertiary/aromatic N) is 1. The summed E-state index contributed by atoms with van der Waals surface area (Å²) in [7, 11) is 0. The Balaban J connectivity index is 3.27. The molecule has 0 bridgehead atoms. The zero-order valence-corrected chi connectivity index (χ0v) is 6.04. The third-order valence-electron chi connectivity index (χ3n) is 1.14. The summed E-state index contributed by atoms with van der Waals surface area (Å²) in [5.41, 5.74) is -0.348. The Labute approximate surface area is 67.2 Å². The first-order valence-electron chi connectivity index (χ1n) is 2.73. The van der Waals surface area contributed by atoms with Crippen molar-refractivity contribution in [2.45, 2.75) is 0 Å². The van der Waals surface area contributed by atoms with Gasteiger partial charge in [-0.15, -0.1) is 0 Å². The molecule has 0 atom stereocenters. The summed E-state index contributed by atoms with van der Waals surface area (Å²) in [4.78, 5) is 9.47. The minimum atomic E-state index is -0.691. The van der Waals surface area contributed by atoms with Gasteiger partial charge >= 0.3 is 0 Å². The molecular formula is C6H3ClNO3. The van der Waals surface area contributed by atoms with Crippen LogP contribution in [0, 0.1) is 10.1 Å². The van der Waals surface area contributed by atoms with Crippen LogP contribution < -0.4 is 0 Å². The van der Waals surface area contributed by atoms with Crippen LogP contribution in [-0.2, 0) is 5.11 Å². The van der Waals surface area contributed by atoms with Crippen molar-refractivity contribution in [3.8, 4) is 5.75 Å². The lowest BCUT2D eigenvalue weighted by molar-refractivity contribution is -0.384. The highest BCUT2D eigenvalue weighted by molar-refractivity contribution is 6.34. The third-order valence-corrected chi connectivity index (χ3v) is 1.52. The van der Waals surface area contributed by atoms with E-state index >= 15 is 0 Å². The molecule has 1 radical (unpaired) electrons. The second-order valence-corrected chi connectivity index (χ2v) is 2.22. The molecule has 0 spiro atoms. The second kappa shape index (κ2) is 2.75. The van der Waals surface area contributed by atoms with Gasteiger partial charge in [-0.2, -0.15) is 0 Å². The van der Waals surface area contributed by atoms with Crippen LogP contribution >= 0.6 is 11.6 Å². The normalized spacial score (nSPS) is 9.55. The molecule has 0 aliphatic heterocycles. The molecule has 5 heteroatoms. The summed E-state index contributed by atoms with van der Waals surface area (Å²) < 4.78 is 0. The summed E-state index contributed by atoms with van der Waals surface area (Å²) in [6.45, 7) is 0. The number of benzene rings is 1. The molecule has 11 heavy (non-hydrogen) atoms. The number of rotatable bonds is 1. The molecule has 1 rings (SSSR count). The summed E-state index contributed by atoms with van der Waals surface area (Å²) in [5, 5.41) is 20.5. The van der Waals surface area contributed by atoms with E-state index in [1.54, 1.807) is 0 Å². The first-order chi connectivity index (χ1) is 5.13. The summed E-state index contributed by atoms with van der Waals surface area (Å²) in [6.07, 6.45) is 0. The lowest BCUT2D eigenvalue weighted by Crippen LogP contribution is -1.87. The van der Waals surface area contributed by atoms with Gasteiger partial charge in [0.1, 0.15) is 0 Å². The number of hydrogen-bond acceptors (Lipinski definition) is 2. The van der Waals surface area contributed by atoms with E-state index < -0.39 is 10.7 Å². The molecule has 0 aromatic heterocycles. The fourth-order valence-corrected chi connectivity index (χ4v) is 0.835. The molecule has 57 valence electrons. The monoisotopic (exact) mass is 172 g/mol. The summed E-state index contributed by atoms with van der Waals surface area (Å²) in [6, 6.07) is 3.66. The Morgan fingerprint density at radius 3 is 2.55 bits per heavy atom. The topological polar surface area (TPSA) is 63.0 Å². The fourth-order valence-electron chi connectivity index (χ4n) is 0.640. The smallest absolute Gasteiger partial charge is 0.288 e. The van der Waals surface area contributed by atoms with E-state index in [1.165, 1.54) is 18.2 Å². The van der Waals surface area contributed by atoms with Gasteiger partial charge in [0.15, 0.2) is 5.02 Å². The van der Waals surface area contributed by atoms with Gasteiger partial charge in [-0.25, -0.2) is 0 Å². The third kappa shape index (κ3) is 1.40. The lowest BCUT2D eigenvalue weighted by atomic mass is 10.3. The Morgan fingerprint density at radius 1 is 1.45 bits per heavy atom. The van der Waals surface area contributed by atoms with E-state index in [9.17, 15) is 15.2 Å². The van der Waals surface area contributed by atoms with Crippen molar-refractivity contribution in [3.63, 3.8) is 0 Å². The number of nitro groups is 1. The van der Waals surface area contributed by atoms with Crippen molar-refractivity contribution < 1.29 is 10.0 Å². The molecule has 0 aliphatic carbocycles. The van der Waals surface area contributed by atoms with Crippen LogP contribution in [0.3, 0.4) is 0 Å². The van der Waals surface area contributed by atoms with E-state index in [4.69, 9.17) is 11.6 Å². The van der Waals surface area contributed by atoms with Gasteiger partial charge in [0.25, 0.3) is 5.69 Å². The number of halogens is 1. The molecule has 0 heterocycles. The Hall–Kier alpha value is -1.29. The lowest BCUT2D eigenvalue weighted by Gasteiger charge is -1.93. The van der Waals surface area contributed by atoms with Crippen molar-refractivity contribution in [2.24, 2.45) is 0 Å². The van der Waals surface area contributed by atoms with Crippen LogP contribution in [0.15, 0.2) is 18.2 Å². The highest BCUT2D eigenvalue weighted by Gasteiger charge is 2.15. The van der Waals surface area contributed by atoms with Gasteiger partial charge in [0, 0.05) is 6.07 Å². The van der Waals surface area contributed by atoms with Crippen LogP contribution in [0.4, 0.5) is 5.69 Å². The summed E-state index contributed by atoms with van der Waals surface area (Å²) in [5.74, 6) is -0.527. The molecule has 1 aromatic carbocycles. The first-order valence-corrected chi connectivity index (χ1v) is 3.10. The SMILES string of the molecule is [O]c1cccc([N+](=O)[O-])c1Cl. The highest BCUT2D eigenvalue weighted by Crippen LogP contribution is 2.32. The molecule has 1 aromatic rings. The maximum Gasteiger partial charge on any atom is 0.291 e. The maximum atomic E-state index is 10.7. The molecule has 0 aliphatic rings. The summed E-state index contributed by atoms with van der Waals surface area (Å²) >= 11 is 5.33. The maximum absolute atomic E-state index is 10.7.